The van der Waals surface area contributed by atoms with Crippen LogP contribution >= 0.6 is 0 Å². The van der Waals surface area contributed by atoms with Crippen LogP contribution in [0.25, 0.3) is 0 Å². The van der Waals surface area contributed by atoms with Gasteiger partial charge in [0.1, 0.15) is 29.6 Å². The summed E-state index contributed by atoms with van der Waals surface area (Å²) in [5.41, 5.74) is 4.75. The zero-order valence-corrected chi connectivity index (χ0v) is 22.6. The normalized spacial score (nSPS) is 17.8. The van der Waals surface area contributed by atoms with Crippen molar-refractivity contribution in [2.75, 3.05) is 37.7 Å². The molecule has 0 spiro atoms. The lowest BCUT2D eigenvalue weighted by Gasteiger charge is -2.32. The first-order chi connectivity index (χ1) is 18.6. The fraction of sp³-hybridized carbons (Fsp3) is 0.394. The van der Waals surface area contributed by atoms with Crippen molar-refractivity contribution in [1.29, 1.82) is 0 Å². The number of hydrogen-bond acceptors (Lipinski definition) is 5. The lowest BCUT2D eigenvalue weighted by Crippen LogP contribution is -2.29. The second kappa shape index (κ2) is 12.4. The minimum Gasteiger partial charge on any atom is -0.508 e. The van der Waals surface area contributed by atoms with Gasteiger partial charge in [0.25, 0.3) is 0 Å². The van der Waals surface area contributed by atoms with E-state index in [9.17, 15) is 5.11 Å². The molecule has 38 heavy (non-hydrogen) atoms. The number of phenols is 1. The summed E-state index contributed by atoms with van der Waals surface area (Å²) in [6.07, 6.45) is 6.14. The summed E-state index contributed by atoms with van der Waals surface area (Å²) in [5.74, 6) is 2.61. The van der Waals surface area contributed by atoms with Crippen molar-refractivity contribution in [3.63, 3.8) is 0 Å². The van der Waals surface area contributed by atoms with E-state index in [1.807, 2.05) is 6.07 Å². The first-order valence-corrected chi connectivity index (χ1v) is 14.1. The predicted molar refractivity (Wildman–Crippen MR) is 154 cm³/mol. The zero-order valence-electron chi connectivity index (χ0n) is 22.6. The van der Waals surface area contributed by atoms with Crippen molar-refractivity contribution < 1.29 is 14.6 Å². The molecule has 5 rings (SSSR count). The topological polar surface area (TPSA) is 45.2 Å². The van der Waals surface area contributed by atoms with E-state index in [2.05, 4.69) is 71.8 Å². The number of para-hydroxylation sites is 1. The molecule has 2 heterocycles. The van der Waals surface area contributed by atoms with E-state index in [-0.39, 0.29) is 11.7 Å². The minimum atomic E-state index is 0.0530. The number of phenolic OH excluding ortho intramolecular Hbond substituents is 1. The van der Waals surface area contributed by atoms with Gasteiger partial charge in [-0.15, -0.1) is 0 Å². The Morgan fingerprint density at radius 3 is 2.53 bits per heavy atom. The fourth-order valence-corrected chi connectivity index (χ4v) is 5.64. The third-order valence-electron chi connectivity index (χ3n) is 7.81. The Labute approximate surface area is 227 Å². The lowest BCUT2D eigenvalue weighted by atomic mass is 9.87. The molecule has 3 aromatic carbocycles. The number of fused-ring (bicyclic) bond motifs is 1. The number of aromatic hydroxyl groups is 1. The van der Waals surface area contributed by atoms with E-state index in [1.165, 1.54) is 55.6 Å². The van der Waals surface area contributed by atoms with Gasteiger partial charge in [-0.05, 0) is 80.2 Å². The van der Waals surface area contributed by atoms with E-state index in [4.69, 9.17) is 9.47 Å². The summed E-state index contributed by atoms with van der Waals surface area (Å²) >= 11 is 0. The maximum absolute atomic E-state index is 9.84. The summed E-state index contributed by atoms with van der Waals surface area (Å²) in [4.78, 5) is 4.94. The molecule has 2 aliphatic heterocycles. The molecular weight excluding hydrogens is 472 g/mol. The molecule has 5 heteroatoms. The Morgan fingerprint density at radius 1 is 1.00 bits per heavy atom. The molecule has 200 valence electrons. The summed E-state index contributed by atoms with van der Waals surface area (Å²) < 4.78 is 12.1. The Hall–Kier alpha value is -3.44. The van der Waals surface area contributed by atoms with Crippen LogP contribution in [0.3, 0.4) is 0 Å². The van der Waals surface area contributed by atoms with Gasteiger partial charge in [-0.2, -0.15) is 0 Å². The minimum absolute atomic E-state index is 0.0530. The number of nitrogens with zero attached hydrogens (tertiary/aromatic N) is 2. The van der Waals surface area contributed by atoms with Gasteiger partial charge in [0.15, 0.2) is 0 Å². The maximum Gasteiger partial charge on any atom is 0.133 e. The van der Waals surface area contributed by atoms with Crippen LogP contribution in [0.15, 0.2) is 79.1 Å². The molecule has 1 fully saturated rings. The monoisotopic (exact) mass is 512 g/mol. The van der Waals surface area contributed by atoms with Gasteiger partial charge in [0.05, 0.1) is 0 Å². The lowest BCUT2D eigenvalue weighted by molar-refractivity contribution is 0.214. The van der Waals surface area contributed by atoms with E-state index >= 15 is 0 Å². The van der Waals surface area contributed by atoms with Gasteiger partial charge in [0.2, 0.25) is 0 Å². The highest BCUT2D eigenvalue weighted by Gasteiger charge is 2.28. The Morgan fingerprint density at radius 2 is 1.76 bits per heavy atom. The molecule has 0 aliphatic carbocycles. The SMILES string of the molecule is C=C1Oc2cc(O)ccc2CC1c1ccccc1N(CC)Cc1ccc(OCCN2CCCCCC2)cc1. The highest BCUT2D eigenvalue weighted by Crippen LogP contribution is 2.42. The molecule has 1 unspecified atom stereocenters. The fourth-order valence-electron chi connectivity index (χ4n) is 5.64. The smallest absolute Gasteiger partial charge is 0.133 e. The van der Waals surface area contributed by atoms with E-state index in [1.54, 1.807) is 12.1 Å². The highest BCUT2D eigenvalue weighted by molar-refractivity contribution is 5.59. The van der Waals surface area contributed by atoms with Gasteiger partial charge in [-0.3, -0.25) is 4.90 Å². The van der Waals surface area contributed by atoms with Gasteiger partial charge in [0, 0.05) is 37.3 Å². The van der Waals surface area contributed by atoms with Crippen LogP contribution < -0.4 is 14.4 Å². The molecule has 1 atom stereocenters. The van der Waals surface area contributed by atoms with Crippen LogP contribution in [-0.4, -0.2) is 42.8 Å². The molecule has 3 aromatic rings. The van der Waals surface area contributed by atoms with Gasteiger partial charge < -0.3 is 19.5 Å². The second-order valence-corrected chi connectivity index (χ2v) is 10.4. The quantitative estimate of drug-likeness (QED) is 0.338. The van der Waals surface area contributed by atoms with Crippen LogP contribution in [0.2, 0.25) is 0 Å². The number of benzene rings is 3. The van der Waals surface area contributed by atoms with Crippen molar-refractivity contribution in [3.8, 4) is 17.2 Å². The Balaban J connectivity index is 1.24. The van der Waals surface area contributed by atoms with Crippen molar-refractivity contribution in [3.05, 3.63) is 95.8 Å². The Bertz CT molecular complexity index is 1220. The van der Waals surface area contributed by atoms with E-state index < -0.39 is 0 Å². The van der Waals surface area contributed by atoms with Crippen LogP contribution in [0.1, 0.15) is 55.2 Å². The highest BCUT2D eigenvalue weighted by atomic mass is 16.5. The van der Waals surface area contributed by atoms with E-state index in [0.717, 1.165) is 44.0 Å². The summed E-state index contributed by atoms with van der Waals surface area (Å²) in [5, 5.41) is 9.84. The predicted octanol–water partition coefficient (Wildman–Crippen LogP) is 6.91. The zero-order chi connectivity index (χ0) is 26.3. The standard InChI is InChI=1S/C33H40N2O3/c1-3-35(24-26-12-16-29(17-13-26)37-21-20-34-18-8-4-5-9-19-34)32-11-7-6-10-30(32)31-22-27-14-15-28(36)23-33(27)38-25(31)2/h6-7,10-17,23,31,36H,2-5,8-9,18-22,24H2,1H3. The third kappa shape index (κ3) is 6.33. The summed E-state index contributed by atoms with van der Waals surface area (Å²) in [6.45, 7) is 12.3. The van der Waals surface area contributed by atoms with Gasteiger partial charge >= 0.3 is 0 Å². The first kappa shape index (κ1) is 26.2. The molecule has 0 amide bonds. The van der Waals surface area contributed by atoms with Crippen LogP contribution in [0, 0.1) is 0 Å². The van der Waals surface area contributed by atoms with Gasteiger partial charge in [-0.1, -0.05) is 55.8 Å². The molecule has 1 saturated heterocycles. The number of likely N-dealkylation sites (tertiary alicyclic amines) is 1. The van der Waals surface area contributed by atoms with Crippen LogP contribution in [-0.2, 0) is 13.0 Å². The number of hydrogen-bond donors (Lipinski definition) is 1. The number of rotatable bonds is 9. The van der Waals surface area contributed by atoms with Crippen LogP contribution in [0.4, 0.5) is 5.69 Å². The Kier molecular flexibility index (Phi) is 8.54. The van der Waals surface area contributed by atoms with Crippen molar-refractivity contribution >= 4 is 5.69 Å². The number of ether oxygens (including phenoxy) is 2. The average molecular weight is 513 g/mol. The van der Waals surface area contributed by atoms with Crippen molar-refractivity contribution in [2.24, 2.45) is 0 Å². The average Bonchev–Trinajstić information content (AvgIpc) is 3.21. The molecule has 0 aromatic heterocycles. The number of anilines is 1. The molecular formula is C33H40N2O3. The molecule has 0 bridgehead atoms. The first-order valence-electron chi connectivity index (χ1n) is 14.1. The molecule has 2 aliphatic rings. The summed E-state index contributed by atoms with van der Waals surface area (Å²) in [7, 11) is 0. The van der Waals surface area contributed by atoms with Crippen molar-refractivity contribution in [1.82, 2.24) is 4.90 Å². The van der Waals surface area contributed by atoms with E-state index in [0.29, 0.717) is 11.5 Å². The van der Waals surface area contributed by atoms with Gasteiger partial charge in [-0.25, -0.2) is 0 Å². The number of allylic oxidation sites excluding steroid dienone is 1. The molecule has 1 N–H and O–H groups in total. The molecule has 5 nitrogen and oxygen atoms in total. The third-order valence-corrected chi connectivity index (χ3v) is 7.81. The molecule has 0 saturated carbocycles. The largest absolute Gasteiger partial charge is 0.508 e. The van der Waals surface area contributed by atoms with Crippen molar-refractivity contribution in [2.45, 2.75) is 51.5 Å². The summed E-state index contributed by atoms with van der Waals surface area (Å²) in [6, 6.07) is 22.5. The second-order valence-electron chi connectivity index (χ2n) is 10.4. The maximum atomic E-state index is 9.84. The molecule has 0 radical (unpaired) electrons. The van der Waals surface area contributed by atoms with Crippen LogP contribution in [0.5, 0.6) is 17.2 Å².